The monoisotopic (exact) mass is 614 g/mol. The number of alkyl carbamates (subject to hydrolysis) is 1. The summed E-state index contributed by atoms with van der Waals surface area (Å²) in [5.74, 6) is 0.390. The number of hydrogen-bond acceptors (Lipinski definition) is 9. The molecule has 2 aromatic rings. The number of hydrogen-bond donors (Lipinski definition) is 1. The van der Waals surface area contributed by atoms with Crippen LogP contribution < -0.4 is 14.8 Å². The molecule has 0 saturated carbocycles. The fourth-order valence-electron chi connectivity index (χ4n) is 4.73. The second-order valence-corrected chi connectivity index (χ2v) is 11.9. The molecule has 1 aromatic carbocycles. The van der Waals surface area contributed by atoms with E-state index in [1.807, 2.05) is 19.9 Å². The van der Waals surface area contributed by atoms with Crippen LogP contribution in [-0.4, -0.2) is 97.7 Å². The van der Waals surface area contributed by atoms with Crippen molar-refractivity contribution in [3.05, 3.63) is 53.9 Å². The number of likely N-dealkylation sites (tertiary alicyclic amines) is 1. The van der Waals surface area contributed by atoms with Gasteiger partial charge in [-0.1, -0.05) is 6.07 Å². The molecule has 1 saturated heterocycles. The minimum atomic E-state index is -0.691. The van der Waals surface area contributed by atoms with Crippen molar-refractivity contribution < 1.29 is 38.1 Å². The normalized spacial score (nSPS) is 16.4. The summed E-state index contributed by atoms with van der Waals surface area (Å²) in [7, 11) is 3.17. The van der Waals surface area contributed by atoms with Gasteiger partial charge in [0.2, 0.25) is 0 Å². The smallest absolute Gasteiger partial charge is 0.410 e. The first-order valence-electron chi connectivity index (χ1n) is 14.8. The number of rotatable bonds is 13. The van der Waals surface area contributed by atoms with Crippen LogP contribution in [0, 0.1) is 5.92 Å². The Labute approximate surface area is 259 Å². The summed E-state index contributed by atoms with van der Waals surface area (Å²) in [4.78, 5) is 47.1. The van der Waals surface area contributed by atoms with Gasteiger partial charge in [-0.2, -0.15) is 0 Å². The molecule has 12 heteroatoms. The third kappa shape index (κ3) is 10.3. The number of nitrogens with one attached hydrogen (secondary N) is 1. The molecule has 2 atom stereocenters. The summed E-state index contributed by atoms with van der Waals surface area (Å²) < 4.78 is 27.8. The van der Waals surface area contributed by atoms with Gasteiger partial charge in [-0.05, 0) is 65.0 Å². The fourth-order valence-corrected chi connectivity index (χ4v) is 4.73. The van der Waals surface area contributed by atoms with Gasteiger partial charge >= 0.3 is 12.2 Å². The number of amides is 3. The van der Waals surface area contributed by atoms with E-state index in [9.17, 15) is 14.4 Å². The molecule has 0 unspecified atom stereocenters. The first-order valence-corrected chi connectivity index (χ1v) is 14.8. The van der Waals surface area contributed by atoms with Crippen LogP contribution >= 0.6 is 0 Å². The van der Waals surface area contributed by atoms with Crippen molar-refractivity contribution in [2.45, 2.75) is 65.3 Å². The molecular weight excluding hydrogens is 568 g/mol. The van der Waals surface area contributed by atoms with E-state index in [-0.39, 0.29) is 44.0 Å². The Morgan fingerprint density at radius 3 is 2.48 bits per heavy atom. The average Bonchev–Trinajstić information content (AvgIpc) is 3.38. The van der Waals surface area contributed by atoms with E-state index in [1.165, 1.54) is 4.90 Å². The molecule has 2 heterocycles. The van der Waals surface area contributed by atoms with Gasteiger partial charge in [0, 0.05) is 56.9 Å². The van der Waals surface area contributed by atoms with Crippen LogP contribution in [0.5, 0.6) is 11.5 Å². The Kier molecular flexibility index (Phi) is 12.6. The Morgan fingerprint density at radius 1 is 1.07 bits per heavy atom. The van der Waals surface area contributed by atoms with Crippen LogP contribution in [-0.2, 0) is 20.8 Å². The second kappa shape index (κ2) is 16.1. The van der Waals surface area contributed by atoms with Gasteiger partial charge in [0.1, 0.15) is 11.7 Å². The van der Waals surface area contributed by atoms with E-state index in [0.717, 1.165) is 0 Å². The summed E-state index contributed by atoms with van der Waals surface area (Å²) in [5.41, 5.74) is 0.415. The standard InChI is InChI=1S/C32H46N4O8/c1-22(2)36(29(37)23-12-13-26(41-7)27(17-23)42-16-10-15-40-6)20-24-19-35(31(39)44-32(3,4)5)21-28(24)43-30(38)34-18-25-11-8-9-14-33-25/h8-9,11-14,17,22,24,28H,10,15-16,18-21H2,1-7H3,(H,34,38)/t24-,28+/m0/s1. The molecule has 0 aliphatic carbocycles. The van der Waals surface area contributed by atoms with Gasteiger partial charge in [-0.15, -0.1) is 0 Å². The molecule has 3 amide bonds. The maximum absolute atomic E-state index is 13.9. The number of carbonyl (C=O) groups is 3. The van der Waals surface area contributed by atoms with Crippen LogP contribution in [0.15, 0.2) is 42.6 Å². The zero-order valence-corrected chi connectivity index (χ0v) is 26.8. The zero-order valence-electron chi connectivity index (χ0n) is 26.8. The van der Waals surface area contributed by atoms with Crippen molar-refractivity contribution in [3.8, 4) is 11.5 Å². The number of aromatic nitrogens is 1. The van der Waals surface area contributed by atoms with Gasteiger partial charge < -0.3 is 38.8 Å². The van der Waals surface area contributed by atoms with E-state index in [2.05, 4.69) is 10.3 Å². The predicted octanol–water partition coefficient (Wildman–Crippen LogP) is 4.52. The van der Waals surface area contributed by atoms with Crippen molar-refractivity contribution in [2.24, 2.45) is 5.92 Å². The molecule has 1 fully saturated rings. The minimum Gasteiger partial charge on any atom is -0.493 e. The maximum Gasteiger partial charge on any atom is 0.410 e. The van der Waals surface area contributed by atoms with Crippen molar-refractivity contribution in [3.63, 3.8) is 0 Å². The molecule has 1 aromatic heterocycles. The summed E-state index contributed by atoms with van der Waals surface area (Å²) >= 11 is 0. The van der Waals surface area contributed by atoms with Gasteiger partial charge in [0.05, 0.1) is 32.5 Å². The van der Waals surface area contributed by atoms with Crippen LogP contribution in [0.2, 0.25) is 0 Å². The van der Waals surface area contributed by atoms with E-state index in [0.29, 0.717) is 42.4 Å². The number of benzene rings is 1. The Morgan fingerprint density at radius 2 is 1.84 bits per heavy atom. The lowest BCUT2D eigenvalue weighted by Gasteiger charge is -2.31. The van der Waals surface area contributed by atoms with Gasteiger partial charge in [0.15, 0.2) is 11.5 Å². The topological polar surface area (TPSA) is 129 Å². The fraction of sp³-hybridized carbons (Fsp3) is 0.562. The first kappa shape index (κ1) is 34.4. The number of pyridine rings is 1. The van der Waals surface area contributed by atoms with Crippen LogP contribution in [0.1, 0.15) is 57.1 Å². The van der Waals surface area contributed by atoms with Gasteiger partial charge in [-0.3, -0.25) is 9.78 Å². The highest BCUT2D eigenvalue weighted by molar-refractivity contribution is 5.95. The van der Waals surface area contributed by atoms with E-state index < -0.39 is 23.9 Å². The number of methoxy groups -OCH3 is 2. The third-order valence-corrected chi connectivity index (χ3v) is 6.91. The first-order chi connectivity index (χ1) is 20.9. The van der Waals surface area contributed by atoms with E-state index in [1.54, 1.807) is 76.4 Å². The third-order valence-electron chi connectivity index (χ3n) is 6.91. The molecule has 0 radical (unpaired) electrons. The van der Waals surface area contributed by atoms with Gasteiger partial charge in [-0.25, -0.2) is 9.59 Å². The Balaban J connectivity index is 1.78. The van der Waals surface area contributed by atoms with Crippen LogP contribution in [0.3, 0.4) is 0 Å². The lowest BCUT2D eigenvalue weighted by atomic mass is 10.0. The number of carbonyl (C=O) groups excluding carboxylic acids is 3. The molecule has 12 nitrogen and oxygen atoms in total. The predicted molar refractivity (Wildman–Crippen MR) is 164 cm³/mol. The summed E-state index contributed by atoms with van der Waals surface area (Å²) in [6, 6.07) is 10.3. The molecule has 44 heavy (non-hydrogen) atoms. The highest BCUT2D eigenvalue weighted by atomic mass is 16.6. The van der Waals surface area contributed by atoms with Crippen molar-refractivity contribution in [2.75, 3.05) is 47.1 Å². The van der Waals surface area contributed by atoms with Crippen LogP contribution in [0.25, 0.3) is 0 Å². The summed E-state index contributed by atoms with van der Waals surface area (Å²) in [6.07, 6.45) is 0.517. The van der Waals surface area contributed by atoms with E-state index in [4.69, 9.17) is 23.7 Å². The highest BCUT2D eigenvalue weighted by Crippen LogP contribution is 2.30. The number of nitrogens with zero attached hydrogens (tertiary/aromatic N) is 3. The molecule has 0 spiro atoms. The Bertz CT molecular complexity index is 1230. The van der Waals surface area contributed by atoms with E-state index >= 15 is 0 Å². The molecule has 0 bridgehead atoms. The molecular formula is C32H46N4O8. The molecule has 1 N–H and O–H groups in total. The average molecular weight is 615 g/mol. The lowest BCUT2D eigenvalue weighted by molar-refractivity contribution is 0.0258. The number of ether oxygens (including phenoxy) is 5. The molecule has 1 aliphatic heterocycles. The lowest BCUT2D eigenvalue weighted by Crippen LogP contribution is -2.44. The van der Waals surface area contributed by atoms with Crippen LogP contribution in [0.4, 0.5) is 9.59 Å². The molecule has 3 rings (SSSR count). The van der Waals surface area contributed by atoms with Gasteiger partial charge in [0.25, 0.3) is 5.91 Å². The quantitative estimate of drug-likeness (QED) is 0.324. The molecule has 1 aliphatic rings. The van der Waals surface area contributed by atoms with Crippen molar-refractivity contribution >= 4 is 18.1 Å². The second-order valence-electron chi connectivity index (χ2n) is 11.9. The van der Waals surface area contributed by atoms with Crippen molar-refractivity contribution in [1.29, 1.82) is 0 Å². The summed E-state index contributed by atoms with van der Waals surface area (Å²) in [5, 5.41) is 2.72. The Hall–Kier alpha value is -4.06. The maximum atomic E-state index is 13.9. The SMILES string of the molecule is COCCCOc1cc(C(=O)N(C[C@@H]2CN(C(=O)OC(C)(C)C)C[C@H]2OC(=O)NCc2ccccn2)C(C)C)ccc1OC. The summed E-state index contributed by atoms with van der Waals surface area (Å²) in [6.45, 7) is 11.0. The largest absolute Gasteiger partial charge is 0.493 e. The van der Waals surface area contributed by atoms with Crippen molar-refractivity contribution in [1.82, 2.24) is 20.1 Å². The zero-order chi connectivity index (χ0) is 32.3. The minimum absolute atomic E-state index is 0.138. The molecule has 242 valence electrons. The highest BCUT2D eigenvalue weighted by Gasteiger charge is 2.41.